The number of halogens is 3. The number of benzene rings is 3. The van der Waals surface area contributed by atoms with E-state index in [1.165, 1.54) is 0 Å². The minimum Gasteiger partial charge on any atom is -0.488 e. The number of nitriles is 1. The van der Waals surface area contributed by atoms with Crippen LogP contribution in [0.5, 0.6) is 5.75 Å². The average Bonchev–Trinajstić information content (AvgIpc) is 2.67. The molecule has 0 fully saturated rings. The molecule has 0 radical (unpaired) electrons. The molecule has 0 aliphatic rings. The van der Waals surface area contributed by atoms with Gasteiger partial charge in [-0.1, -0.05) is 77.3 Å². The Kier molecular flexibility index (Phi) is 6.42. The van der Waals surface area contributed by atoms with Gasteiger partial charge < -0.3 is 4.74 Å². The van der Waals surface area contributed by atoms with Crippen LogP contribution in [-0.2, 0) is 6.61 Å². The Morgan fingerprint density at radius 3 is 2.41 bits per heavy atom. The molecule has 0 spiro atoms. The van der Waals surface area contributed by atoms with Crippen molar-refractivity contribution >= 4 is 46.5 Å². The molecular formula is C22H14Cl3NO. The molecule has 2 nitrogen and oxygen atoms in total. The molecule has 0 N–H and O–H groups in total. The molecule has 0 heterocycles. The summed E-state index contributed by atoms with van der Waals surface area (Å²) in [6, 6.07) is 22.2. The van der Waals surface area contributed by atoms with Gasteiger partial charge in [0.05, 0.1) is 16.7 Å². The zero-order valence-electron chi connectivity index (χ0n) is 14.1. The predicted molar refractivity (Wildman–Crippen MR) is 112 cm³/mol. The number of rotatable bonds is 5. The topological polar surface area (TPSA) is 33.0 Å². The predicted octanol–water partition coefficient (Wildman–Crippen LogP) is 7.29. The van der Waals surface area contributed by atoms with Gasteiger partial charge in [-0.3, -0.25) is 0 Å². The van der Waals surface area contributed by atoms with E-state index in [1.807, 2.05) is 48.5 Å². The summed E-state index contributed by atoms with van der Waals surface area (Å²) in [6.45, 7) is 0.327. The van der Waals surface area contributed by atoms with Crippen molar-refractivity contribution in [2.24, 2.45) is 0 Å². The smallest absolute Gasteiger partial charge is 0.127 e. The van der Waals surface area contributed by atoms with Crippen molar-refractivity contribution in [1.82, 2.24) is 0 Å². The summed E-state index contributed by atoms with van der Waals surface area (Å²) in [7, 11) is 0. The maximum Gasteiger partial charge on any atom is 0.127 e. The summed E-state index contributed by atoms with van der Waals surface area (Å²) in [4.78, 5) is 0. The molecule has 3 aromatic carbocycles. The molecule has 134 valence electrons. The van der Waals surface area contributed by atoms with Gasteiger partial charge in [-0.15, -0.1) is 0 Å². The highest BCUT2D eigenvalue weighted by Crippen LogP contribution is 2.30. The molecule has 0 amide bonds. The van der Waals surface area contributed by atoms with Crippen LogP contribution in [0.3, 0.4) is 0 Å². The second-order valence-corrected chi connectivity index (χ2v) is 6.96. The lowest BCUT2D eigenvalue weighted by Crippen LogP contribution is -1.97. The van der Waals surface area contributed by atoms with Gasteiger partial charge in [0.1, 0.15) is 12.4 Å². The Balaban J connectivity index is 1.91. The van der Waals surface area contributed by atoms with Gasteiger partial charge in [0, 0.05) is 26.7 Å². The van der Waals surface area contributed by atoms with Gasteiger partial charge in [-0.2, -0.15) is 5.26 Å². The highest BCUT2D eigenvalue weighted by Gasteiger charge is 2.10. The molecule has 3 rings (SSSR count). The summed E-state index contributed by atoms with van der Waals surface area (Å²) in [5.74, 6) is 0.648. The van der Waals surface area contributed by atoms with E-state index in [4.69, 9.17) is 39.5 Å². The first-order valence-corrected chi connectivity index (χ1v) is 9.24. The van der Waals surface area contributed by atoms with Gasteiger partial charge in [-0.05, 0) is 30.3 Å². The van der Waals surface area contributed by atoms with Crippen LogP contribution in [0.15, 0.2) is 66.7 Å². The van der Waals surface area contributed by atoms with Crippen LogP contribution in [-0.4, -0.2) is 0 Å². The fraction of sp³-hybridized carbons (Fsp3) is 0.0455. The Morgan fingerprint density at radius 2 is 1.67 bits per heavy atom. The van der Waals surface area contributed by atoms with E-state index in [9.17, 15) is 5.26 Å². The van der Waals surface area contributed by atoms with Gasteiger partial charge in [0.2, 0.25) is 0 Å². The second kappa shape index (κ2) is 8.97. The van der Waals surface area contributed by atoms with Crippen molar-refractivity contribution in [3.8, 4) is 11.8 Å². The molecule has 0 saturated carbocycles. The quantitative estimate of drug-likeness (QED) is 0.324. The fourth-order valence-electron chi connectivity index (χ4n) is 2.54. The van der Waals surface area contributed by atoms with Crippen LogP contribution >= 0.6 is 34.8 Å². The van der Waals surface area contributed by atoms with E-state index < -0.39 is 0 Å². The first-order chi connectivity index (χ1) is 13.1. The molecule has 0 aromatic heterocycles. The number of hydrogen-bond donors (Lipinski definition) is 0. The molecule has 0 atom stereocenters. The van der Waals surface area contributed by atoms with Crippen LogP contribution in [0.25, 0.3) is 11.6 Å². The minimum atomic E-state index is 0.327. The molecule has 0 bridgehead atoms. The summed E-state index contributed by atoms with van der Waals surface area (Å²) in [6.07, 6.45) is 1.75. The lowest BCUT2D eigenvalue weighted by atomic mass is 10.0. The number of hydrogen-bond acceptors (Lipinski definition) is 2. The number of nitrogens with zero attached hydrogens (tertiary/aromatic N) is 1. The van der Waals surface area contributed by atoms with Gasteiger partial charge in [-0.25, -0.2) is 0 Å². The maximum atomic E-state index is 9.60. The SMILES string of the molecule is N#C/C(=C\c1ccccc1OCc1ccccc1Cl)c1ccc(Cl)cc1Cl. The maximum absolute atomic E-state index is 9.60. The molecule has 0 aliphatic heterocycles. The summed E-state index contributed by atoms with van der Waals surface area (Å²) < 4.78 is 5.94. The van der Waals surface area contributed by atoms with Gasteiger partial charge in [0.15, 0.2) is 0 Å². The summed E-state index contributed by atoms with van der Waals surface area (Å²) >= 11 is 18.4. The number of para-hydroxylation sites is 1. The van der Waals surface area contributed by atoms with E-state index in [2.05, 4.69) is 6.07 Å². The van der Waals surface area contributed by atoms with Crippen molar-refractivity contribution in [2.45, 2.75) is 6.61 Å². The summed E-state index contributed by atoms with van der Waals surface area (Å²) in [5.41, 5.74) is 2.70. The first kappa shape index (κ1) is 19.3. The number of allylic oxidation sites excluding steroid dienone is 1. The third kappa shape index (κ3) is 4.84. The third-order valence-electron chi connectivity index (χ3n) is 3.90. The van der Waals surface area contributed by atoms with E-state index in [1.54, 1.807) is 24.3 Å². The highest BCUT2D eigenvalue weighted by atomic mass is 35.5. The molecule has 3 aromatic rings. The normalized spacial score (nSPS) is 11.1. The van der Waals surface area contributed by atoms with Crippen LogP contribution in [0.4, 0.5) is 0 Å². The van der Waals surface area contributed by atoms with Crippen LogP contribution in [0.2, 0.25) is 15.1 Å². The molecule has 0 aliphatic carbocycles. The van der Waals surface area contributed by atoms with E-state index in [0.29, 0.717) is 38.6 Å². The highest BCUT2D eigenvalue weighted by molar-refractivity contribution is 6.36. The van der Waals surface area contributed by atoms with Crippen molar-refractivity contribution in [3.63, 3.8) is 0 Å². The Hall–Kier alpha value is -2.44. The lowest BCUT2D eigenvalue weighted by molar-refractivity contribution is 0.305. The standard InChI is InChI=1S/C22H14Cl3NO/c23-18-9-10-19(21(25)12-18)17(13-26)11-15-5-2-4-8-22(15)27-14-16-6-1-3-7-20(16)24/h1-12H,14H2/b17-11+. The Labute approximate surface area is 173 Å². The van der Waals surface area contributed by atoms with E-state index >= 15 is 0 Å². The van der Waals surface area contributed by atoms with E-state index in [-0.39, 0.29) is 0 Å². The Bertz CT molecular complexity index is 1040. The Morgan fingerprint density at radius 1 is 0.926 bits per heavy atom. The first-order valence-electron chi connectivity index (χ1n) is 8.11. The van der Waals surface area contributed by atoms with Crippen LogP contribution in [0.1, 0.15) is 16.7 Å². The fourth-order valence-corrected chi connectivity index (χ4v) is 3.24. The van der Waals surface area contributed by atoms with Crippen molar-refractivity contribution in [2.75, 3.05) is 0 Å². The van der Waals surface area contributed by atoms with Gasteiger partial charge >= 0.3 is 0 Å². The van der Waals surface area contributed by atoms with Crippen LogP contribution in [0, 0.1) is 11.3 Å². The second-order valence-electron chi connectivity index (χ2n) is 5.71. The summed E-state index contributed by atoms with van der Waals surface area (Å²) in [5, 5.41) is 11.2. The molecule has 5 heteroatoms. The van der Waals surface area contributed by atoms with Crippen molar-refractivity contribution in [3.05, 3.63) is 98.5 Å². The number of ether oxygens (including phenoxy) is 1. The largest absolute Gasteiger partial charge is 0.488 e. The van der Waals surface area contributed by atoms with Gasteiger partial charge in [0.25, 0.3) is 0 Å². The monoisotopic (exact) mass is 413 g/mol. The van der Waals surface area contributed by atoms with Crippen LogP contribution < -0.4 is 4.74 Å². The molecule has 0 saturated heterocycles. The zero-order chi connectivity index (χ0) is 19.2. The average molecular weight is 415 g/mol. The molecular weight excluding hydrogens is 401 g/mol. The molecule has 0 unspecified atom stereocenters. The zero-order valence-corrected chi connectivity index (χ0v) is 16.4. The minimum absolute atomic E-state index is 0.327. The third-order valence-corrected chi connectivity index (χ3v) is 4.82. The lowest BCUT2D eigenvalue weighted by Gasteiger charge is -2.11. The van der Waals surface area contributed by atoms with Crippen molar-refractivity contribution < 1.29 is 4.74 Å². The van der Waals surface area contributed by atoms with E-state index in [0.717, 1.165) is 11.1 Å². The van der Waals surface area contributed by atoms with Crippen molar-refractivity contribution in [1.29, 1.82) is 5.26 Å². The molecule has 27 heavy (non-hydrogen) atoms.